The summed E-state index contributed by atoms with van der Waals surface area (Å²) in [7, 11) is 1.68. The van der Waals surface area contributed by atoms with E-state index in [0.29, 0.717) is 13.0 Å². The van der Waals surface area contributed by atoms with Gasteiger partial charge in [0.05, 0.1) is 6.61 Å². The molecular formula is C15H18FNO3. The largest absolute Gasteiger partial charge is 0.465 e. The number of piperidine rings is 1. The van der Waals surface area contributed by atoms with Crippen LogP contribution >= 0.6 is 0 Å². The van der Waals surface area contributed by atoms with Gasteiger partial charge in [0.15, 0.2) is 0 Å². The average Bonchev–Trinajstić information content (AvgIpc) is 2.43. The number of ether oxygens (including phenoxy) is 1. The Hall–Kier alpha value is -1.91. The van der Waals surface area contributed by atoms with Crippen LogP contribution in [0.5, 0.6) is 0 Å². The van der Waals surface area contributed by atoms with Crippen LogP contribution < -0.4 is 0 Å². The van der Waals surface area contributed by atoms with E-state index in [1.54, 1.807) is 31.0 Å². The van der Waals surface area contributed by atoms with Crippen molar-refractivity contribution >= 4 is 11.9 Å². The van der Waals surface area contributed by atoms with Gasteiger partial charge in [-0.2, -0.15) is 0 Å². The fourth-order valence-corrected chi connectivity index (χ4v) is 2.59. The molecule has 1 aliphatic rings. The second-order valence-electron chi connectivity index (χ2n) is 4.94. The molecule has 0 N–H and O–H groups in total. The minimum atomic E-state index is -0.834. The van der Waals surface area contributed by atoms with E-state index in [1.165, 1.54) is 12.1 Å². The summed E-state index contributed by atoms with van der Waals surface area (Å²) in [6.07, 6.45) is 0.664. The molecule has 0 radical (unpaired) electrons. The van der Waals surface area contributed by atoms with Gasteiger partial charge in [-0.3, -0.25) is 9.59 Å². The number of benzene rings is 1. The van der Waals surface area contributed by atoms with Crippen molar-refractivity contribution in [2.45, 2.75) is 19.3 Å². The van der Waals surface area contributed by atoms with E-state index in [1.807, 2.05) is 0 Å². The lowest BCUT2D eigenvalue weighted by molar-refractivity contribution is -0.158. The van der Waals surface area contributed by atoms with Crippen LogP contribution in [0, 0.1) is 11.7 Å². The molecule has 0 unspecified atom stereocenters. The molecule has 1 fully saturated rings. The van der Waals surface area contributed by atoms with Crippen molar-refractivity contribution in [3.05, 3.63) is 35.6 Å². The molecule has 1 heterocycles. The highest BCUT2D eigenvalue weighted by molar-refractivity contribution is 5.99. The second kappa shape index (κ2) is 6.03. The minimum Gasteiger partial charge on any atom is -0.465 e. The SMILES string of the molecule is CCOC(=O)[C@@H]1C(=O)N(C)CC[C@H]1c1ccc(F)cc1. The van der Waals surface area contributed by atoms with Crippen molar-refractivity contribution in [1.29, 1.82) is 0 Å². The van der Waals surface area contributed by atoms with E-state index in [-0.39, 0.29) is 24.2 Å². The van der Waals surface area contributed by atoms with Gasteiger partial charge in [0, 0.05) is 19.5 Å². The van der Waals surface area contributed by atoms with E-state index < -0.39 is 11.9 Å². The van der Waals surface area contributed by atoms with Crippen LogP contribution in [0.25, 0.3) is 0 Å². The van der Waals surface area contributed by atoms with E-state index in [0.717, 1.165) is 5.56 Å². The van der Waals surface area contributed by atoms with Gasteiger partial charge in [0.25, 0.3) is 0 Å². The molecule has 4 nitrogen and oxygen atoms in total. The lowest BCUT2D eigenvalue weighted by Gasteiger charge is -2.34. The quantitative estimate of drug-likeness (QED) is 0.627. The molecule has 20 heavy (non-hydrogen) atoms. The summed E-state index contributed by atoms with van der Waals surface area (Å²) in [6, 6.07) is 5.95. The lowest BCUT2D eigenvalue weighted by Crippen LogP contribution is -2.46. The Kier molecular flexibility index (Phi) is 4.37. The third-order valence-corrected chi connectivity index (χ3v) is 3.66. The van der Waals surface area contributed by atoms with Crippen molar-refractivity contribution in [3.8, 4) is 0 Å². The molecule has 1 aliphatic heterocycles. The average molecular weight is 279 g/mol. The lowest BCUT2D eigenvalue weighted by atomic mass is 9.80. The molecule has 108 valence electrons. The summed E-state index contributed by atoms with van der Waals surface area (Å²) in [4.78, 5) is 25.8. The first kappa shape index (κ1) is 14.5. The first-order chi connectivity index (χ1) is 9.54. The first-order valence-corrected chi connectivity index (χ1v) is 6.71. The van der Waals surface area contributed by atoms with E-state index in [9.17, 15) is 14.0 Å². The van der Waals surface area contributed by atoms with Crippen LogP contribution in [0.15, 0.2) is 24.3 Å². The molecule has 1 saturated heterocycles. The van der Waals surface area contributed by atoms with E-state index >= 15 is 0 Å². The van der Waals surface area contributed by atoms with Crippen LogP contribution in [0.4, 0.5) is 4.39 Å². The highest BCUT2D eigenvalue weighted by atomic mass is 19.1. The van der Waals surface area contributed by atoms with E-state index in [4.69, 9.17) is 4.74 Å². The van der Waals surface area contributed by atoms with Gasteiger partial charge >= 0.3 is 5.97 Å². The molecule has 2 rings (SSSR count). The Morgan fingerprint density at radius 1 is 1.40 bits per heavy atom. The summed E-state index contributed by atoms with van der Waals surface area (Å²) < 4.78 is 18.0. The Morgan fingerprint density at radius 3 is 2.65 bits per heavy atom. The maximum atomic E-state index is 13.0. The third kappa shape index (κ3) is 2.81. The van der Waals surface area contributed by atoms with Crippen LogP contribution in [0.2, 0.25) is 0 Å². The summed E-state index contributed by atoms with van der Waals surface area (Å²) in [5.74, 6) is -2.15. The number of amides is 1. The molecule has 0 aliphatic carbocycles. The summed E-state index contributed by atoms with van der Waals surface area (Å²) in [5.41, 5.74) is 0.797. The number of carbonyl (C=O) groups is 2. The number of esters is 1. The maximum absolute atomic E-state index is 13.0. The highest BCUT2D eigenvalue weighted by Crippen LogP contribution is 2.34. The van der Waals surface area contributed by atoms with Crippen molar-refractivity contribution in [2.24, 2.45) is 5.92 Å². The topological polar surface area (TPSA) is 46.6 Å². The van der Waals surface area contributed by atoms with E-state index in [2.05, 4.69) is 0 Å². The van der Waals surface area contributed by atoms with Crippen molar-refractivity contribution < 1.29 is 18.7 Å². The summed E-state index contributed by atoms with van der Waals surface area (Å²) >= 11 is 0. The molecule has 0 saturated carbocycles. The van der Waals surface area contributed by atoms with Crippen LogP contribution in [0.3, 0.4) is 0 Å². The Labute approximate surface area is 117 Å². The smallest absolute Gasteiger partial charge is 0.319 e. The number of nitrogens with zero attached hydrogens (tertiary/aromatic N) is 1. The fraction of sp³-hybridized carbons (Fsp3) is 0.467. The Bertz CT molecular complexity index is 500. The molecule has 1 aromatic rings. The van der Waals surface area contributed by atoms with Gasteiger partial charge in [-0.25, -0.2) is 4.39 Å². The van der Waals surface area contributed by atoms with Crippen molar-refractivity contribution in [3.63, 3.8) is 0 Å². The number of rotatable bonds is 3. The molecule has 2 atom stereocenters. The number of hydrogen-bond donors (Lipinski definition) is 0. The predicted molar refractivity (Wildman–Crippen MR) is 71.5 cm³/mol. The third-order valence-electron chi connectivity index (χ3n) is 3.66. The van der Waals surface area contributed by atoms with Crippen LogP contribution in [-0.4, -0.2) is 37.0 Å². The minimum absolute atomic E-state index is 0.232. The highest BCUT2D eigenvalue weighted by Gasteiger charge is 2.41. The summed E-state index contributed by atoms with van der Waals surface area (Å²) in [6.45, 7) is 2.53. The summed E-state index contributed by atoms with van der Waals surface area (Å²) in [5, 5.41) is 0. The van der Waals surface area contributed by atoms with Gasteiger partial charge in [-0.1, -0.05) is 12.1 Å². The van der Waals surface area contributed by atoms with Crippen molar-refractivity contribution in [2.75, 3.05) is 20.2 Å². The monoisotopic (exact) mass is 279 g/mol. The number of halogens is 1. The zero-order valence-electron chi connectivity index (χ0n) is 11.6. The van der Waals surface area contributed by atoms with Gasteiger partial charge in [0.1, 0.15) is 11.7 Å². The van der Waals surface area contributed by atoms with Crippen LogP contribution in [0.1, 0.15) is 24.8 Å². The second-order valence-corrected chi connectivity index (χ2v) is 4.94. The molecule has 5 heteroatoms. The molecule has 0 bridgehead atoms. The standard InChI is InChI=1S/C15H18FNO3/c1-3-20-15(19)13-12(8-9-17(2)14(13)18)10-4-6-11(16)7-5-10/h4-7,12-13H,3,8-9H2,1-2H3/t12-,13-/m0/s1. The van der Waals surface area contributed by atoms with Gasteiger partial charge in [-0.15, -0.1) is 0 Å². The molecule has 0 aromatic heterocycles. The van der Waals surface area contributed by atoms with Crippen molar-refractivity contribution in [1.82, 2.24) is 4.90 Å². The maximum Gasteiger partial charge on any atom is 0.319 e. The molecule has 1 amide bonds. The van der Waals surface area contributed by atoms with Gasteiger partial charge < -0.3 is 9.64 Å². The molecule has 0 spiro atoms. The zero-order valence-corrected chi connectivity index (χ0v) is 11.6. The van der Waals surface area contributed by atoms with Crippen LogP contribution in [-0.2, 0) is 14.3 Å². The predicted octanol–water partition coefficient (Wildman–Crippen LogP) is 1.95. The molecule has 1 aromatic carbocycles. The fourth-order valence-electron chi connectivity index (χ4n) is 2.59. The van der Waals surface area contributed by atoms with Gasteiger partial charge in [0.2, 0.25) is 5.91 Å². The number of carbonyl (C=O) groups excluding carboxylic acids is 2. The Balaban J connectivity index is 2.30. The molecular weight excluding hydrogens is 261 g/mol. The first-order valence-electron chi connectivity index (χ1n) is 6.71. The Morgan fingerprint density at radius 2 is 2.05 bits per heavy atom. The zero-order chi connectivity index (χ0) is 14.7. The normalized spacial score (nSPS) is 22.8. The van der Waals surface area contributed by atoms with Gasteiger partial charge in [-0.05, 0) is 31.0 Å². The number of hydrogen-bond acceptors (Lipinski definition) is 3. The number of likely N-dealkylation sites (tertiary alicyclic amines) is 1.